The van der Waals surface area contributed by atoms with Gasteiger partial charge in [0.25, 0.3) is 5.56 Å². The molecule has 1 N–H and O–H groups in total. The smallest absolute Gasteiger partial charge is 0.282 e. The van der Waals surface area contributed by atoms with Crippen molar-refractivity contribution in [2.45, 2.75) is 6.92 Å². The molecule has 3 aromatic rings. The topological polar surface area (TPSA) is 54.9 Å². The Hall–Kier alpha value is -1.98. The van der Waals surface area contributed by atoms with Crippen molar-refractivity contribution >= 4 is 44.0 Å². The number of halogens is 1. The lowest BCUT2D eigenvalue weighted by atomic mass is 10.2. The quantitative estimate of drug-likeness (QED) is 0.783. The van der Waals surface area contributed by atoms with Crippen molar-refractivity contribution in [1.82, 2.24) is 9.97 Å². The van der Waals surface area contributed by atoms with Gasteiger partial charge in [0.2, 0.25) is 0 Å². The SMILES string of the molecule is Cc1c(Cl)cccc1Nc1nc(=O)c2cccnc2s1. The van der Waals surface area contributed by atoms with Crippen LogP contribution in [-0.2, 0) is 0 Å². The van der Waals surface area contributed by atoms with Crippen LogP contribution in [-0.4, -0.2) is 9.97 Å². The molecule has 0 amide bonds. The van der Waals surface area contributed by atoms with Gasteiger partial charge in [-0.05, 0) is 36.8 Å². The van der Waals surface area contributed by atoms with Crippen molar-refractivity contribution in [1.29, 1.82) is 0 Å². The summed E-state index contributed by atoms with van der Waals surface area (Å²) in [5.41, 5.74) is 1.46. The number of pyridine rings is 1. The Balaban J connectivity index is 2.07. The number of hydrogen-bond acceptors (Lipinski definition) is 5. The van der Waals surface area contributed by atoms with Gasteiger partial charge in [-0.3, -0.25) is 4.79 Å². The molecule has 0 atom stereocenters. The number of aromatic nitrogens is 2. The summed E-state index contributed by atoms with van der Waals surface area (Å²) in [6.45, 7) is 1.91. The van der Waals surface area contributed by atoms with Gasteiger partial charge in [0, 0.05) is 16.9 Å². The Kier molecular flexibility index (Phi) is 3.38. The van der Waals surface area contributed by atoms with Gasteiger partial charge in [0.05, 0.1) is 5.39 Å². The predicted molar refractivity (Wildman–Crippen MR) is 83.2 cm³/mol. The largest absolute Gasteiger partial charge is 0.331 e. The van der Waals surface area contributed by atoms with Gasteiger partial charge in [-0.1, -0.05) is 29.0 Å². The van der Waals surface area contributed by atoms with E-state index in [-0.39, 0.29) is 5.56 Å². The Morgan fingerprint density at radius 3 is 2.95 bits per heavy atom. The van der Waals surface area contributed by atoms with E-state index >= 15 is 0 Å². The molecule has 2 heterocycles. The van der Waals surface area contributed by atoms with E-state index in [0.717, 1.165) is 11.3 Å². The van der Waals surface area contributed by atoms with Gasteiger partial charge in [-0.25, -0.2) is 4.98 Å². The van der Waals surface area contributed by atoms with Crippen LogP contribution in [0.2, 0.25) is 5.02 Å². The maximum Gasteiger partial charge on any atom is 0.282 e. The zero-order valence-corrected chi connectivity index (χ0v) is 12.1. The number of anilines is 2. The van der Waals surface area contributed by atoms with Gasteiger partial charge < -0.3 is 5.32 Å². The van der Waals surface area contributed by atoms with Gasteiger partial charge in [-0.15, -0.1) is 0 Å². The van der Waals surface area contributed by atoms with Crippen LogP contribution >= 0.6 is 22.9 Å². The molecule has 0 unspecified atom stereocenters. The molecule has 0 aliphatic carbocycles. The molecular weight excluding hydrogens is 294 g/mol. The molecule has 20 heavy (non-hydrogen) atoms. The minimum Gasteiger partial charge on any atom is -0.331 e. The minimum atomic E-state index is -0.283. The summed E-state index contributed by atoms with van der Waals surface area (Å²) >= 11 is 7.41. The number of fused-ring (bicyclic) bond motifs is 1. The average Bonchev–Trinajstić information content (AvgIpc) is 2.44. The van der Waals surface area contributed by atoms with E-state index in [1.165, 1.54) is 11.3 Å². The number of benzene rings is 1. The highest BCUT2D eigenvalue weighted by Crippen LogP contribution is 2.27. The summed E-state index contributed by atoms with van der Waals surface area (Å²) in [5.74, 6) is 0. The van der Waals surface area contributed by atoms with Gasteiger partial charge in [0.15, 0.2) is 5.13 Å². The first-order chi connectivity index (χ1) is 9.65. The molecule has 0 radical (unpaired) electrons. The summed E-state index contributed by atoms with van der Waals surface area (Å²) in [7, 11) is 0. The van der Waals surface area contributed by atoms with Crippen molar-refractivity contribution in [3.63, 3.8) is 0 Å². The van der Waals surface area contributed by atoms with Crippen LogP contribution in [0.4, 0.5) is 10.8 Å². The number of rotatable bonds is 2. The zero-order valence-electron chi connectivity index (χ0n) is 10.6. The third-order valence-electron chi connectivity index (χ3n) is 2.91. The maximum atomic E-state index is 11.9. The van der Waals surface area contributed by atoms with Gasteiger partial charge in [0.1, 0.15) is 4.83 Å². The molecule has 0 saturated carbocycles. The standard InChI is InChI=1S/C14H10ClN3OS/c1-8-10(15)5-2-6-11(8)17-14-18-12(19)9-4-3-7-16-13(9)20-14/h2-7H,1H3,(H,17,18,19). The molecule has 2 aromatic heterocycles. The van der Waals surface area contributed by atoms with Crippen LogP contribution in [0.3, 0.4) is 0 Å². The van der Waals surface area contributed by atoms with Crippen molar-refractivity contribution in [2.24, 2.45) is 0 Å². The molecule has 6 heteroatoms. The molecule has 100 valence electrons. The Labute approximate surface area is 124 Å². The van der Waals surface area contributed by atoms with Crippen molar-refractivity contribution in [2.75, 3.05) is 5.32 Å². The fourth-order valence-electron chi connectivity index (χ4n) is 1.81. The normalized spacial score (nSPS) is 10.7. The van der Waals surface area contributed by atoms with Crippen LogP contribution < -0.4 is 10.9 Å². The minimum absolute atomic E-state index is 0.283. The van der Waals surface area contributed by atoms with E-state index in [1.807, 2.05) is 25.1 Å². The molecule has 0 fully saturated rings. The monoisotopic (exact) mass is 303 g/mol. The first-order valence-electron chi connectivity index (χ1n) is 5.93. The second-order valence-corrected chi connectivity index (χ2v) is 5.60. The third-order valence-corrected chi connectivity index (χ3v) is 4.22. The molecule has 0 bridgehead atoms. The van der Waals surface area contributed by atoms with E-state index in [4.69, 9.17) is 11.6 Å². The van der Waals surface area contributed by atoms with Crippen LogP contribution in [0.15, 0.2) is 41.3 Å². The van der Waals surface area contributed by atoms with Crippen molar-refractivity contribution < 1.29 is 0 Å². The lowest BCUT2D eigenvalue weighted by Crippen LogP contribution is -2.08. The molecule has 4 nitrogen and oxygen atoms in total. The first kappa shape index (κ1) is 13.0. The molecule has 0 spiro atoms. The van der Waals surface area contributed by atoms with E-state index < -0.39 is 0 Å². The molecule has 3 rings (SSSR count). The van der Waals surface area contributed by atoms with E-state index in [0.29, 0.717) is 20.4 Å². The van der Waals surface area contributed by atoms with E-state index in [9.17, 15) is 4.79 Å². The average molecular weight is 304 g/mol. The molecule has 1 aromatic carbocycles. The van der Waals surface area contributed by atoms with E-state index in [2.05, 4.69) is 15.3 Å². The molecule has 0 saturated heterocycles. The number of nitrogens with zero attached hydrogens (tertiary/aromatic N) is 2. The Morgan fingerprint density at radius 2 is 2.10 bits per heavy atom. The summed E-state index contributed by atoms with van der Waals surface area (Å²) in [6.07, 6.45) is 1.66. The van der Waals surface area contributed by atoms with Crippen LogP contribution in [0.1, 0.15) is 5.56 Å². The van der Waals surface area contributed by atoms with E-state index in [1.54, 1.807) is 18.3 Å². The molecule has 0 aliphatic rings. The van der Waals surface area contributed by atoms with Gasteiger partial charge >= 0.3 is 0 Å². The van der Waals surface area contributed by atoms with Crippen molar-refractivity contribution in [3.8, 4) is 0 Å². The third kappa shape index (κ3) is 2.37. The number of hydrogen-bond donors (Lipinski definition) is 1. The predicted octanol–water partition coefficient (Wildman–Crippen LogP) is 3.76. The zero-order chi connectivity index (χ0) is 14.1. The lowest BCUT2D eigenvalue weighted by Gasteiger charge is -2.09. The highest BCUT2D eigenvalue weighted by molar-refractivity contribution is 7.21. The molecular formula is C14H10ClN3OS. The van der Waals surface area contributed by atoms with Crippen molar-refractivity contribution in [3.05, 3.63) is 57.5 Å². The second-order valence-electron chi connectivity index (χ2n) is 4.22. The lowest BCUT2D eigenvalue weighted by molar-refractivity contribution is 1.28. The Morgan fingerprint density at radius 1 is 1.25 bits per heavy atom. The highest BCUT2D eigenvalue weighted by Gasteiger charge is 2.07. The fourth-order valence-corrected chi connectivity index (χ4v) is 2.84. The number of nitrogens with one attached hydrogen (secondary N) is 1. The summed E-state index contributed by atoms with van der Waals surface area (Å²) in [6, 6.07) is 9.01. The molecule has 0 aliphatic heterocycles. The highest BCUT2D eigenvalue weighted by atomic mass is 35.5. The van der Waals surface area contributed by atoms with Crippen LogP contribution in [0, 0.1) is 6.92 Å². The summed E-state index contributed by atoms with van der Waals surface area (Å²) in [5, 5.41) is 4.84. The summed E-state index contributed by atoms with van der Waals surface area (Å²) < 4.78 is 0. The summed E-state index contributed by atoms with van der Waals surface area (Å²) in [4.78, 5) is 20.8. The van der Waals surface area contributed by atoms with Gasteiger partial charge in [-0.2, -0.15) is 4.98 Å². The first-order valence-corrected chi connectivity index (χ1v) is 7.12. The second kappa shape index (κ2) is 5.19. The fraction of sp³-hybridized carbons (Fsp3) is 0.0714. The maximum absolute atomic E-state index is 11.9. The van der Waals surface area contributed by atoms with Crippen LogP contribution in [0.5, 0.6) is 0 Å². The van der Waals surface area contributed by atoms with Crippen LogP contribution in [0.25, 0.3) is 10.2 Å². The Bertz CT molecular complexity index is 847.